The van der Waals surface area contributed by atoms with Gasteiger partial charge < -0.3 is 14.2 Å². The van der Waals surface area contributed by atoms with E-state index in [9.17, 15) is 9.59 Å². The smallest absolute Gasteiger partial charge is 0.294 e. The van der Waals surface area contributed by atoms with Gasteiger partial charge in [-0.15, -0.1) is 0 Å². The Morgan fingerprint density at radius 2 is 1.69 bits per heavy atom. The molecule has 7 heteroatoms. The highest BCUT2D eigenvalue weighted by Gasteiger charge is 2.42. The van der Waals surface area contributed by atoms with E-state index in [2.05, 4.69) is 5.32 Å². The summed E-state index contributed by atoms with van der Waals surface area (Å²) < 4.78 is 11.1. The summed E-state index contributed by atoms with van der Waals surface area (Å²) in [7, 11) is 0. The number of fused-ring (bicyclic) bond motifs is 1. The highest BCUT2D eigenvalue weighted by atomic mass is 35.5. The van der Waals surface area contributed by atoms with Crippen LogP contribution in [0.15, 0.2) is 105 Å². The second-order valence-corrected chi connectivity index (χ2v) is 9.12. The molecule has 1 amide bonds. The minimum atomic E-state index is -0.666. The molecule has 174 valence electrons. The molecule has 0 saturated carbocycles. The van der Waals surface area contributed by atoms with Crippen molar-refractivity contribution in [3.63, 3.8) is 0 Å². The first-order chi connectivity index (χ1) is 17.1. The predicted molar refractivity (Wildman–Crippen MR) is 132 cm³/mol. The predicted octanol–water partition coefficient (Wildman–Crippen LogP) is 6.74. The molecule has 2 aliphatic rings. The summed E-state index contributed by atoms with van der Waals surface area (Å²) in [6.07, 6.45) is 3.96. The standard InChI is InChI=1S/C28H21ClN2O4/c29-19-11-9-17(10-12-19)27-26-21(15-18(16-23(26)32)24-7-3-13-34-24)30-20-5-1-2-6-22(20)31(27)28(33)25-8-4-14-35-25/h1-14,18,27,30H,15-16H2/t18-,27-/m0/s1. The summed E-state index contributed by atoms with van der Waals surface area (Å²) >= 11 is 6.19. The Hall–Kier alpha value is -4.03. The maximum atomic E-state index is 13.9. The van der Waals surface area contributed by atoms with Gasteiger partial charge in [0.15, 0.2) is 11.5 Å². The van der Waals surface area contributed by atoms with E-state index >= 15 is 0 Å². The molecule has 0 unspecified atom stereocenters. The van der Waals surface area contributed by atoms with E-state index in [0.717, 1.165) is 22.7 Å². The van der Waals surface area contributed by atoms with Crippen LogP contribution in [0.4, 0.5) is 11.4 Å². The molecule has 2 aromatic heterocycles. The van der Waals surface area contributed by atoms with Crippen molar-refractivity contribution < 1.29 is 18.4 Å². The summed E-state index contributed by atoms with van der Waals surface area (Å²) in [6, 6.07) is 21.2. The van der Waals surface area contributed by atoms with Crippen LogP contribution in [0.5, 0.6) is 0 Å². The average Bonchev–Trinajstić information content (AvgIpc) is 3.57. The molecule has 4 aromatic rings. The third kappa shape index (κ3) is 3.76. The van der Waals surface area contributed by atoms with Crippen LogP contribution >= 0.6 is 11.6 Å². The molecule has 0 spiro atoms. The second kappa shape index (κ2) is 8.64. The van der Waals surface area contributed by atoms with Crippen LogP contribution in [0.1, 0.15) is 46.7 Å². The number of nitrogens with one attached hydrogen (secondary N) is 1. The lowest BCUT2D eigenvalue weighted by atomic mass is 9.80. The Morgan fingerprint density at radius 3 is 2.43 bits per heavy atom. The van der Waals surface area contributed by atoms with Crippen LogP contribution in [-0.4, -0.2) is 11.7 Å². The number of para-hydroxylation sites is 2. The number of hydrogen-bond acceptors (Lipinski definition) is 5. The molecule has 6 nitrogen and oxygen atoms in total. The molecule has 6 rings (SSSR count). The van der Waals surface area contributed by atoms with Crippen molar-refractivity contribution in [2.45, 2.75) is 24.8 Å². The Morgan fingerprint density at radius 1 is 0.914 bits per heavy atom. The number of anilines is 2. The highest BCUT2D eigenvalue weighted by Crippen LogP contribution is 2.48. The Kier molecular flexibility index (Phi) is 5.30. The summed E-state index contributed by atoms with van der Waals surface area (Å²) in [6.45, 7) is 0. The number of carbonyl (C=O) groups excluding carboxylic acids is 2. The zero-order chi connectivity index (χ0) is 23.9. The van der Waals surface area contributed by atoms with E-state index in [1.165, 1.54) is 6.26 Å². The van der Waals surface area contributed by atoms with Crippen molar-refractivity contribution in [2.75, 3.05) is 10.2 Å². The number of rotatable bonds is 3. The fourth-order valence-corrected chi connectivity index (χ4v) is 5.14. The lowest BCUT2D eigenvalue weighted by Crippen LogP contribution is -2.38. The lowest BCUT2D eigenvalue weighted by Gasteiger charge is -2.34. The Bertz CT molecular complexity index is 1420. The maximum absolute atomic E-state index is 13.9. The number of amides is 1. The first-order valence-corrected chi connectivity index (χ1v) is 11.8. The van der Waals surface area contributed by atoms with Gasteiger partial charge >= 0.3 is 0 Å². The van der Waals surface area contributed by atoms with Crippen molar-refractivity contribution in [3.05, 3.63) is 119 Å². The van der Waals surface area contributed by atoms with Crippen molar-refractivity contribution >= 4 is 34.7 Å². The third-order valence-corrected chi connectivity index (χ3v) is 6.82. The minimum absolute atomic E-state index is 0.0369. The number of hydrogen-bond donors (Lipinski definition) is 1. The number of benzene rings is 2. The number of carbonyl (C=O) groups is 2. The van der Waals surface area contributed by atoms with Gasteiger partial charge in [0.2, 0.25) is 0 Å². The first-order valence-electron chi connectivity index (χ1n) is 11.4. The van der Waals surface area contributed by atoms with Gasteiger partial charge in [-0.3, -0.25) is 14.5 Å². The molecule has 1 aliphatic carbocycles. The summed E-state index contributed by atoms with van der Waals surface area (Å²) in [5, 5.41) is 4.07. The van der Waals surface area contributed by atoms with Gasteiger partial charge in [-0.2, -0.15) is 0 Å². The first kappa shape index (κ1) is 21.5. The zero-order valence-electron chi connectivity index (χ0n) is 18.6. The van der Waals surface area contributed by atoms with E-state index in [1.54, 1.807) is 35.4 Å². The molecule has 2 atom stereocenters. The molecule has 2 aromatic carbocycles. The molecule has 0 radical (unpaired) electrons. The van der Waals surface area contributed by atoms with Crippen LogP contribution < -0.4 is 10.2 Å². The number of nitrogens with zero attached hydrogens (tertiary/aromatic N) is 1. The molecule has 1 aliphatic heterocycles. The van der Waals surface area contributed by atoms with Gasteiger partial charge in [0.1, 0.15) is 5.76 Å². The van der Waals surface area contributed by atoms with Crippen LogP contribution in [0.3, 0.4) is 0 Å². The molecular formula is C28H21ClN2O4. The second-order valence-electron chi connectivity index (χ2n) is 8.68. The lowest BCUT2D eigenvalue weighted by molar-refractivity contribution is -0.116. The van der Waals surface area contributed by atoms with Gasteiger partial charge in [-0.05, 0) is 60.5 Å². The maximum Gasteiger partial charge on any atom is 0.294 e. The van der Waals surface area contributed by atoms with Crippen molar-refractivity contribution in [1.82, 2.24) is 0 Å². The number of Topliss-reactive ketones (excluding diaryl/α,β-unsaturated/α-hetero) is 1. The fourth-order valence-electron chi connectivity index (χ4n) is 5.02. The van der Waals surface area contributed by atoms with Gasteiger partial charge in [-0.1, -0.05) is 35.9 Å². The average molecular weight is 485 g/mol. The van der Waals surface area contributed by atoms with Crippen LogP contribution in [0.2, 0.25) is 5.02 Å². The van der Waals surface area contributed by atoms with E-state index in [4.69, 9.17) is 20.4 Å². The number of ketones is 1. The van der Waals surface area contributed by atoms with Crippen LogP contribution in [0.25, 0.3) is 0 Å². The monoisotopic (exact) mass is 484 g/mol. The van der Waals surface area contributed by atoms with Crippen LogP contribution in [-0.2, 0) is 4.79 Å². The Labute approximate surface area is 206 Å². The van der Waals surface area contributed by atoms with Crippen molar-refractivity contribution in [3.8, 4) is 0 Å². The molecule has 0 saturated heterocycles. The van der Waals surface area contributed by atoms with E-state index < -0.39 is 6.04 Å². The van der Waals surface area contributed by atoms with Gasteiger partial charge in [0.25, 0.3) is 5.91 Å². The van der Waals surface area contributed by atoms with E-state index in [-0.39, 0.29) is 29.8 Å². The molecule has 0 fully saturated rings. The van der Waals surface area contributed by atoms with Crippen LogP contribution in [0, 0.1) is 0 Å². The minimum Gasteiger partial charge on any atom is -0.469 e. The normalized spacial score (nSPS) is 19.6. The number of furan rings is 2. The highest BCUT2D eigenvalue weighted by molar-refractivity contribution is 6.30. The van der Waals surface area contributed by atoms with Crippen molar-refractivity contribution in [2.24, 2.45) is 0 Å². The van der Waals surface area contributed by atoms with Gasteiger partial charge in [0, 0.05) is 28.6 Å². The third-order valence-electron chi connectivity index (χ3n) is 6.57. The molecular weight excluding hydrogens is 464 g/mol. The SMILES string of the molecule is O=C1C[C@@H](c2ccco2)CC2=C1[C@H](c1ccc(Cl)cc1)N(C(=O)c1ccco1)c1ccccc1N2. The number of allylic oxidation sites excluding steroid dienone is 1. The molecule has 35 heavy (non-hydrogen) atoms. The summed E-state index contributed by atoms with van der Waals surface area (Å²) in [5.41, 5.74) is 3.52. The van der Waals surface area contributed by atoms with Gasteiger partial charge in [0.05, 0.1) is 29.9 Å². The van der Waals surface area contributed by atoms with E-state index in [1.807, 2.05) is 48.5 Å². The summed E-state index contributed by atoms with van der Waals surface area (Å²) in [4.78, 5) is 29.4. The molecule has 1 N–H and O–H groups in total. The summed E-state index contributed by atoms with van der Waals surface area (Å²) in [5.74, 6) is 0.508. The van der Waals surface area contributed by atoms with E-state index in [0.29, 0.717) is 22.7 Å². The van der Waals surface area contributed by atoms with Crippen molar-refractivity contribution in [1.29, 1.82) is 0 Å². The quantitative estimate of drug-likeness (QED) is 0.348. The largest absolute Gasteiger partial charge is 0.469 e. The fraction of sp³-hybridized carbons (Fsp3) is 0.143. The van der Waals surface area contributed by atoms with Gasteiger partial charge in [-0.25, -0.2) is 0 Å². The molecule has 0 bridgehead atoms. The topological polar surface area (TPSA) is 75.7 Å². The Balaban J connectivity index is 1.58. The zero-order valence-corrected chi connectivity index (χ0v) is 19.4. The number of halogens is 1. The molecule has 3 heterocycles.